The Hall–Kier alpha value is -1.03. The molecule has 0 heterocycles. The minimum atomic E-state index is -0.583. The number of para-hydroxylation sites is 1. The minimum Gasteiger partial charge on any atom is -0.464 e. The van der Waals surface area contributed by atoms with Crippen LogP contribution in [-0.2, 0) is 9.53 Å². The summed E-state index contributed by atoms with van der Waals surface area (Å²) < 4.78 is 6.36. The van der Waals surface area contributed by atoms with Gasteiger partial charge in [-0.25, -0.2) is 4.79 Å². The fourth-order valence-corrected chi connectivity index (χ4v) is 3.36. The molecule has 1 aromatic carbocycles. The maximum absolute atomic E-state index is 12.6. The van der Waals surface area contributed by atoms with E-state index in [1.807, 2.05) is 31.2 Å². The number of anilines is 1. The van der Waals surface area contributed by atoms with Crippen molar-refractivity contribution in [2.45, 2.75) is 57.4 Å². The summed E-state index contributed by atoms with van der Waals surface area (Å²) >= 11 is 3.56. The maximum atomic E-state index is 12.6. The molecule has 1 aliphatic rings. The monoisotopic (exact) mass is 353 g/mol. The molecule has 1 saturated carbocycles. The number of esters is 1. The van der Waals surface area contributed by atoms with Gasteiger partial charge in [-0.05, 0) is 47.8 Å². The van der Waals surface area contributed by atoms with Gasteiger partial charge in [0, 0.05) is 10.2 Å². The molecule has 0 radical (unpaired) electrons. The number of carbonyl (C=O) groups is 1. The molecule has 0 bridgehead atoms. The van der Waals surface area contributed by atoms with E-state index in [1.165, 1.54) is 19.3 Å². The lowest BCUT2D eigenvalue weighted by atomic mass is 9.83. The van der Waals surface area contributed by atoms with Gasteiger partial charge in [0.25, 0.3) is 0 Å². The van der Waals surface area contributed by atoms with E-state index in [2.05, 4.69) is 21.2 Å². The van der Waals surface area contributed by atoms with Crippen molar-refractivity contribution in [3.8, 4) is 0 Å². The van der Waals surface area contributed by atoms with Crippen LogP contribution in [0.15, 0.2) is 28.7 Å². The van der Waals surface area contributed by atoms with E-state index < -0.39 is 5.54 Å². The maximum Gasteiger partial charge on any atom is 0.331 e. The van der Waals surface area contributed by atoms with Crippen LogP contribution in [0.25, 0.3) is 0 Å². The van der Waals surface area contributed by atoms with Gasteiger partial charge in [-0.1, -0.05) is 44.2 Å². The summed E-state index contributed by atoms with van der Waals surface area (Å²) in [6.07, 6.45) is 7.47. The van der Waals surface area contributed by atoms with Crippen LogP contribution in [0, 0.1) is 0 Å². The molecule has 0 unspecified atom stereocenters. The lowest BCUT2D eigenvalue weighted by molar-refractivity contribution is -0.149. The van der Waals surface area contributed by atoms with E-state index in [4.69, 9.17) is 4.74 Å². The Kier molecular flexibility index (Phi) is 6.09. The topological polar surface area (TPSA) is 38.3 Å². The van der Waals surface area contributed by atoms with E-state index >= 15 is 0 Å². The van der Waals surface area contributed by atoms with Crippen molar-refractivity contribution in [2.75, 3.05) is 11.9 Å². The van der Waals surface area contributed by atoms with Crippen molar-refractivity contribution >= 4 is 27.6 Å². The summed E-state index contributed by atoms with van der Waals surface area (Å²) in [4.78, 5) is 12.6. The van der Waals surface area contributed by atoms with Crippen LogP contribution in [0.2, 0.25) is 0 Å². The molecule has 3 nitrogen and oxygen atoms in total. The molecule has 1 fully saturated rings. The summed E-state index contributed by atoms with van der Waals surface area (Å²) in [6.45, 7) is 2.30. The molecule has 0 aliphatic heterocycles. The van der Waals surface area contributed by atoms with E-state index in [-0.39, 0.29) is 5.97 Å². The number of benzene rings is 1. The highest BCUT2D eigenvalue weighted by molar-refractivity contribution is 9.10. The van der Waals surface area contributed by atoms with Gasteiger partial charge >= 0.3 is 5.97 Å². The van der Waals surface area contributed by atoms with Crippen molar-refractivity contribution < 1.29 is 9.53 Å². The largest absolute Gasteiger partial charge is 0.464 e. The highest BCUT2D eigenvalue weighted by atomic mass is 79.9. The number of nitrogens with one attached hydrogen (secondary N) is 1. The first-order valence-electron chi connectivity index (χ1n) is 7.88. The third-order valence-corrected chi connectivity index (χ3v) is 4.81. The number of halogens is 1. The third kappa shape index (κ3) is 4.22. The molecule has 0 atom stereocenters. The number of hydrogen-bond donors (Lipinski definition) is 1. The summed E-state index contributed by atoms with van der Waals surface area (Å²) in [5, 5.41) is 3.49. The first kappa shape index (κ1) is 16.3. The molecule has 116 valence electrons. The van der Waals surface area contributed by atoms with Crippen molar-refractivity contribution in [2.24, 2.45) is 0 Å². The molecule has 1 N–H and O–H groups in total. The third-order valence-electron chi connectivity index (χ3n) is 4.12. The molecule has 4 heteroatoms. The Bertz CT molecular complexity index is 468. The Morgan fingerprint density at radius 2 is 1.81 bits per heavy atom. The molecule has 21 heavy (non-hydrogen) atoms. The second kappa shape index (κ2) is 7.83. The lowest BCUT2D eigenvalue weighted by Crippen LogP contribution is -2.48. The van der Waals surface area contributed by atoms with Gasteiger partial charge in [-0.3, -0.25) is 0 Å². The summed E-state index contributed by atoms with van der Waals surface area (Å²) in [5.74, 6) is -0.109. The van der Waals surface area contributed by atoms with Gasteiger partial charge < -0.3 is 10.1 Å². The second-order valence-electron chi connectivity index (χ2n) is 5.68. The van der Waals surface area contributed by atoms with E-state index in [0.717, 1.165) is 35.8 Å². The normalized spacial score (nSPS) is 18.4. The van der Waals surface area contributed by atoms with Crippen molar-refractivity contribution in [1.82, 2.24) is 0 Å². The van der Waals surface area contributed by atoms with Gasteiger partial charge in [0.05, 0.1) is 6.61 Å². The van der Waals surface area contributed by atoms with Crippen LogP contribution in [0.1, 0.15) is 51.9 Å². The van der Waals surface area contributed by atoms with Crippen molar-refractivity contribution in [3.05, 3.63) is 28.7 Å². The SMILES string of the molecule is CCOC(=O)C1(Nc2ccccc2Br)CCCCCCC1. The smallest absolute Gasteiger partial charge is 0.331 e. The predicted octanol–water partition coefficient (Wildman–Crippen LogP) is 4.91. The Morgan fingerprint density at radius 3 is 2.43 bits per heavy atom. The molecular weight excluding hydrogens is 330 g/mol. The van der Waals surface area contributed by atoms with E-state index in [9.17, 15) is 4.79 Å². The quantitative estimate of drug-likeness (QED) is 0.781. The average Bonchev–Trinajstić information content (AvgIpc) is 2.44. The molecule has 0 amide bonds. The average molecular weight is 354 g/mol. The molecule has 0 spiro atoms. The molecule has 0 saturated heterocycles. The zero-order valence-corrected chi connectivity index (χ0v) is 14.2. The zero-order chi connectivity index (χ0) is 15.1. The number of rotatable bonds is 4. The summed E-state index contributed by atoms with van der Waals surface area (Å²) in [5.41, 5.74) is 0.381. The molecular formula is C17H24BrNO2. The van der Waals surface area contributed by atoms with Crippen molar-refractivity contribution in [1.29, 1.82) is 0 Å². The Labute approximate surface area is 135 Å². The highest BCUT2D eigenvalue weighted by Gasteiger charge is 2.39. The first-order chi connectivity index (χ1) is 10.2. The summed E-state index contributed by atoms with van der Waals surface area (Å²) in [7, 11) is 0. The van der Waals surface area contributed by atoms with E-state index in [0.29, 0.717) is 6.61 Å². The lowest BCUT2D eigenvalue weighted by Gasteiger charge is -2.35. The van der Waals surface area contributed by atoms with Gasteiger partial charge in [-0.2, -0.15) is 0 Å². The first-order valence-corrected chi connectivity index (χ1v) is 8.67. The van der Waals surface area contributed by atoms with Crippen LogP contribution < -0.4 is 5.32 Å². The number of ether oxygens (including phenoxy) is 1. The fraction of sp³-hybridized carbons (Fsp3) is 0.588. The predicted molar refractivity (Wildman–Crippen MR) is 89.4 cm³/mol. The van der Waals surface area contributed by atoms with Crippen LogP contribution in [0.4, 0.5) is 5.69 Å². The fourth-order valence-electron chi connectivity index (χ4n) is 2.98. The van der Waals surface area contributed by atoms with Crippen LogP contribution in [-0.4, -0.2) is 18.1 Å². The van der Waals surface area contributed by atoms with Crippen molar-refractivity contribution in [3.63, 3.8) is 0 Å². The van der Waals surface area contributed by atoms with Gasteiger partial charge in [0.1, 0.15) is 5.54 Å². The summed E-state index contributed by atoms with van der Waals surface area (Å²) in [6, 6.07) is 7.95. The second-order valence-corrected chi connectivity index (χ2v) is 6.53. The van der Waals surface area contributed by atoms with Crippen LogP contribution >= 0.6 is 15.9 Å². The number of hydrogen-bond acceptors (Lipinski definition) is 3. The van der Waals surface area contributed by atoms with Gasteiger partial charge in [0.15, 0.2) is 0 Å². The number of carbonyl (C=O) groups excluding carboxylic acids is 1. The highest BCUT2D eigenvalue weighted by Crippen LogP contribution is 2.33. The van der Waals surface area contributed by atoms with Gasteiger partial charge in [0.2, 0.25) is 0 Å². The Balaban J connectivity index is 2.25. The van der Waals surface area contributed by atoms with E-state index in [1.54, 1.807) is 0 Å². The van der Waals surface area contributed by atoms with Crippen LogP contribution in [0.5, 0.6) is 0 Å². The standard InChI is InChI=1S/C17H24BrNO2/c1-2-21-16(20)17(12-8-4-3-5-9-13-17)19-15-11-7-6-10-14(15)18/h6-7,10-11,19H,2-5,8-9,12-13H2,1H3. The molecule has 2 rings (SSSR count). The molecule has 0 aromatic heterocycles. The van der Waals surface area contributed by atoms with Gasteiger partial charge in [-0.15, -0.1) is 0 Å². The molecule has 1 aliphatic carbocycles. The zero-order valence-electron chi connectivity index (χ0n) is 12.7. The molecule has 1 aromatic rings. The van der Waals surface area contributed by atoms with Crippen LogP contribution in [0.3, 0.4) is 0 Å². The Morgan fingerprint density at radius 1 is 1.19 bits per heavy atom. The minimum absolute atomic E-state index is 0.109.